The van der Waals surface area contributed by atoms with Crippen molar-refractivity contribution in [2.45, 2.75) is 77.7 Å². The van der Waals surface area contributed by atoms with Crippen LogP contribution in [0.2, 0.25) is 0 Å². The van der Waals surface area contributed by atoms with Gasteiger partial charge in [-0.3, -0.25) is 0 Å². The molecule has 170 valence electrons. The SMILES string of the molecule is C=C(C)[C@@H]1CCC(C)=C[C@H]1c1c(O)cc(CCCCC)cc1OC(=O)OCCC1CO1. The van der Waals surface area contributed by atoms with Gasteiger partial charge in [0.25, 0.3) is 0 Å². The molecule has 1 aliphatic carbocycles. The van der Waals surface area contributed by atoms with Crippen molar-refractivity contribution in [3.8, 4) is 11.5 Å². The maximum absolute atomic E-state index is 12.4. The second kappa shape index (κ2) is 10.9. The third-order valence-electron chi connectivity index (χ3n) is 6.22. The van der Waals surface area contributed by atoms with Gasteiger partial charge in [0, 0.05) is 17.9 Å². The number of phenolic OH excluding ortho intramolecular Hbond substituents is 1. The van der Waals surface area contributed by atoms with Crippen molar-refractivity contribution in [3.63, 3.8) is 0 Å². The highest BCUT2D eigenvalue weighted by atomic mass is 16.7. The second-order valence-corrected chi connectivity index (χ2v) is 8.96. The highest BCUT2D eigenvalue weighted by Crippen LogP contribution is 2.47. The third-order valence-corrected chi connectivity index (χ3v) is 6.22. The Kier molecular flexibility index (Phi) is 8.19. The van der Waals surface area contributed by atoms with Crippen LogP contribution in [0, 0.1) is 5.92 Å². The van der Waals surface area contributed by atoms with Crippen molar-refractivity contribution in [2.75, 3.05) is 13.2 Å². The number of allylic oxidation sites excluding steroid dienone is 3. The lowest BCUT2D eigenvalue weighted by atomic mass is 9.73. The number of hydrogen-bond donors (Lipinski definition) is 1. The number of phenols is 1. The Morgan fingerprint density at radius 1 is 1.32 bits per heavy atom. The number of aromatic hydroxyl groups is 1. The summed E-state index contributed by atoms with van der Waals surface area (Å²) in [5.74, 6) is 0.663. The van der Waals surface area contributed by atoms with Crippen molar-refractivity contribution >= 4 is 6.16 Å². The van der Waals surface area contributed by atoms with E-state index in [-0.39, 0.29) is 30.3 Å². The normalized spacial score (nSPS) is 22.5. The summed E-state index contributed by atoms with van der Waals surface area (Å²) in [4.78, 5) is 12.4. The molecule has 1 saturated heterocycles. The van der Waals surface area contributed by atoms with E-state index in [4.69, 9.17) is 14.2 Å². The quantitative estimate of drug-likeness (QED) is 0.153. The molecule has 0 saturated carbocycles. The summed E-state index contributed by atoms with van der Waals surface area (Å²) in [6.45, 7) is 11.5. The van der Waals surface area contributed by atoms with Crippen LogP contribution in [0.25, 0.3) is 0 Å². The average Bonchev–Trinajstić information content (AvgIpc) is 3.52. The predicted octanol–water partition coefficient (Wildman–Crippen LogP) is 6.45. The molecule has 0 bridgehead atoms. The number of epoxide rings is 1. The smallest absolute Gasteiger partial charge is 0.507 e. The monoisotopic (exact) mass is 428 g/mol. The zero-order chi connectivity index (χ0) is 22.4. The molecular weight excluding hydrogens is 392 g/mol. The van der Waals surface area contributed by atoms with E-state index in [1.165, 1.54) is 5.57 Å². The van der Waals surface area contributed by atoms with E-state index in [0.717, 1.165) is 56.3 Å². The van der Waals surface area contributed by atoms with Crippen molar-refractivity contribution < 1.29 is 24.1 Å². The largest absolute Gasteiger partial charge is 0.513 e. The topological polar surface area (TPSA) is 68.3 Å². The number of carbonyl (C=O) groups is 1. The molecule has 0 radical (unpaired) electrons. The molecule has 1 unspecified atom stereocenters. The Balaban J connectivity index is 1.88. The maximum atomic E-state index is 12.4. The van der Waals surface area contributed by atoms with Gasteiger partial charge in [0.2, 0.25) is 0 Å². The number of ether oxygens (including phenoxy) is 3. The fraction of sp³-hybridized carbons (Fsp3) is 0.577. The van der Waals surface area contributed by atoms with Crippen LogP contribution in [0.4, 0.5) is 4.79 Å². The lowest BCUT2D eigenvalue weighted by Gasteiger charge is -2.32. The van der Waals surface area contributed by atoms with E-state index in [2.05, 4.69) is 26.5 Å². The van der Waals surface area contributed by atoms with E-state index < -0.39 is 6.16 Å². The zero-order valence-corrected chi connectivity index (χ0v) is 19.1. The fourth-order valence-electron chi connectivity index (χ4n) is 4.34. The molecule has 1 N–H and O–H groups in total. The molecule has 3 rings (SSSR count). The molecule has 2 aliphatic rings. The van der Waals surface area contributed by atoms with Gasteiger partial charge in [-0.25, -0.2) is 4.79 Å². The molecule has 31 heavy (non-hydrogen) atoms. The van der Waals surface area contributed by atoms with E-state index in [9.17, 15) is 9.90 Å². The van der Waals surface area contributed by atoms with Crippen LogP contribution >= 0.6 is 0 Å². The lowest BCUT2D eigenvalue weighted by Crippen LogP contribution is -2.20. The first kappa shape index (κ1) is 23.4. The van der Waals surface area contributed by atoms with Gasteiger partial charge in [-0.1, -0.05) is 43.6 Å². The molecule has 0 aromatic heterocycles. The average molecular weight is 429 g/mol. The van der Waals surface area contributed by atoms with Gasteiger partial charge >= 0.3 is 6.16 Å². The number of unbranched alkanes of at least 4 members (excludes halogenated alkanes) is 2. The van der Waals surface area contributed by atoms with Crippen LogP contribution in [0.15, 0.2) is 35.9 Å². The Morgan fingerprint density at radius 3 is 2.77 bits per heavy atom. The molecule has 5 nitrogen and oxygen atoms in total. The molecule has 1 aromatic rings. The molecule has 1 fully saturated rings. The van der Waals surface area contributed by atoms with Gasteiger partial charge in [0.1, 0.15) is 11.5 Å². The minimum absolute atomic E-state index is 0.0846. The number of aryl methyl sites for hydroxylation is 1. The standard InChI is InChI=1S/C26H36O5/c1-5-6-7-8-19-14-23(27)25(22-13-18(4)9-10-21(22)17(2)3)24(15-19)31-26(28)29-12-11-20-16-30-20/h13-15,20-22,27H,2,5-12,16H2,1,3-4H3/t20?,21-,22+/m0/s1. The van der Waals surface area contributed by atoms with E-state index in [0.29, 0.717) is 17.7 Å². The Bertz CT molecular complexity index is 821. The van der Waals surface area contributed by atoms with E-state index in [1.54, 1.807) is 0 Å². The summed E-state index contributed by atoms with van der Waals surface area (Å²) >= 11 is 0. The first-order valence-electron chi connectivity index (χ1n) is 11.5. The molecule has 1 heterocycles. The zero-order valence-electron chi connectivity index (χ0n) is 19.1. The number of hydrogen-bond acceptors (Lipinski definition) is 5. The van der Waals surface area contributed by atoms with E-state index in [1.807, 2.05) is 19.1 Å². The summed E-state index contributed by atoms with van der Waals surface area (Å²) in [5.41, 5.74) is 3.95. The third kappa shape index (κ3) is 6.60. The van der Waals surface area contributed by atoms with Gasteiger partial charge in [0.15, 0.2) is 0 Å². The van der Waals surface area contributed by atoms with Crippen molar-refractivity contribution in [1.82, 2.24) is 0 Å². The second-order valence-electron chi connectivity index (χ2n) is 8.96. The lowest BCUT2D eigenvalue weighted by molar-refractivity contribution is 0.0952. The Hall–Kier alpha value is -2.27. The summed E-state index contributed by atoms with van der Waals surface area (Å²) in [7, 11) is 0. The summed E-state index contributed by atoms with van der Waals surface area (Å²) in [6.07, 6.45) is 8.37. The molecule has 1 aliphatic heterocycles. The predicted molar refractivity (Wildman–Crippen MR) is 122 cm³/mol. The molecule has 0 amide bonds. The summed E-state index contributed by atoms with van der Waals surface area (Å²) in [5, 5.41) is 11.0. The number of carbonyl (C=O) groups excluding carboxylic acids is 1. The molecule has 5 heteroatoms. The van der Waals surface area contributed by atoms with Crippen LogP contribution in [0.3, 0.4) is 0 Å². The minimum Gasteiger partial charge on any atom is -0.507 e. The molecule has 1 aromatic carbocycles. The van der Waals surface area contributed by atoms with Gasteiger partial charge < -0.3 is 19.3 Å². The highest BCUT2D eigenvalue weighted by Gasteiger charge is 2.31. The first-order valence-corrected chi connectivity index (χ1v) is 11.5. The van der Waals surface area contributed by atoms with Gasteiger partial charge in [0.05, 0.1) is 19.3 Å². The molecule has 3 atom stereocenters. The van der Waals surface area contributed by atoms with Crippen LogP contribution in [0.5, 0.6) is 11.5 Å². The molecular formula is C26H36O5. The first-order chi connectivity index (χ1) is 14.9. The van der Waals surface area contributed by atoms with E-state index >= 15 is 0 Å². The number of benzene rings is 1. The Morgan fingerprint density at radius 2 is 2.10 bits per heavy atom. The van der Waals surface area contributed by atoms with Crippen LogP contribution in [-0.4, -0.2) is 30.6 Å². The van der Waals surface area contributed by atoms with Crippen LogP contribution in [-0.2, 0) is 15.9 Å². The van der Waals surface area contributed by atoms with Gasteiger partial charge in [-0.2, -0.15) is 0 Å². The fourth-order valence-corrected chi connectivity index (χ4v) is 4.34. The summed E-state index contributed by atoms with van der Waals surface area (Å²) < 4.78 is 16.1. The minimum atomic E-state index is -0.740. The number of rotatable bonds is 10. The Labute approximate surface area is 186 Å². The summed E-state index contributed by atoms with van der Waals surface area (Å²) in [6, 6.07) is 3.71. The van der Waals surface area contributed by atoms with Gasteiger partial charge in [-0.05, 0) is 63.1 Å². The maximum Gasteiger partial charge on any atom is 0.513 e. The van der Waals surface area contributed by atoms with Crippen molar-refractivity contribution in [3.05, 3.63) is 47.1 Å². The van der Waals surface area contributed by atoms with Crippen LogP contribution in [0.1, 0.15) is 76.3 Å². The van der Waals surface area contributed by atoms with Crippen LogP contribution < -0.4 is 4.74 Å². The van der Waals surface area contributed by atoms with Crippen molar-refractivity contribution in [1.29, 1.82) is 0 Å². The highest BCUT2D eigenvalue weighted by molar-refractivity contribution is 5.66. The van der Waals surface area contributed by atoms with Gasteiger partial charge in [-0.15, -0.1) is 0 Å². The van der Waals surface area contributed by atoms with Crippen molar-refractivity contribution in [2.24, 2.45) is 5.92 Å². The molecule has 0 spiro atoms.